The van der Waals surface area contributed by atoms with Gasteiger partial charge in [-0.1, -0.05) is 6.92 Å². The number of aryl methyl sites for hydroxylation is 1. The molecular formula is C12H21N5. The van der Waals surface area contributed by atoms with E-state index in [1.165, 1.54) is 0 Å². The first-order valence-corrected chi connectivity index (χ1v) is 6.24. The molecule has 1 aliphatic rings. The smallest absolute Gasteiger partial charge is 0.225 e. The van der Waals surface area contributed by atoms with Gasteiger partial charge in [0.05, 0.1) is 0 Å². The van der Waals surface area contributed by atoms with Crippen molar-refractivity contribution in [3.63, 3.8) is 0 Å². The minimum atomic E-state index is 0.510. The lowest BCUT2D eigenvalue weighted by Gasteiger charge is -2.34. The Morgan fingerprint density at radius 3 is 2.53 bits per heavy atom. The third-order valence-corrected chi connectivity index (χ3v) is 3.39. The fourth-order valence-electron chi connectivity index (χ4n) is 2.10. The molecule has 2 N–H and O–H groups in total. The maximum Gasteiger partial charge on any atom is 0.225 e. The lowest BCUT2D eigenvalue weighted by atomic mass is 10.2. The Hall–Kier alpha value is -1.20. The van der Waals surface area contributed by atoms with E-state index < -0.39 is 0 Å². The van der Waals surface area contributed by atoms with Crippen molar-refractivity contribution < 1.29 is 0 Å². The molecule has 0 unspecified atom stereocenters. The molecule has 1 aromatic rings. The second-order valence-electron chi connectivity index (χ2n) is 4.41. The molecule has 0 atom stereocenters. The van der Waals surface area contributed by atoms with Crippen LogP contribution >= 0.6 is 0 Å². The summed E-state index contributed by atoms with van der Waals surface area (Å²) in [5.41, 5.74) is 7.64. The van der Waals surface area contributed by atoms with Crippen LogP contribution in [0.25, 0.3) is 0 Å². The highest BCUT2D eigenvalue weighted by atomic mass is 15.3. The van der Waals surface area contributed by atoms with E-state index in [0.29, 0.717) is 6.54 Å². The summed E-state index contributed by atoms with van der Waals surface area (Å²) in [4.78, 5) is 13.6. The number of nitrogens with zero attached hydrogens (tertiary/aromatic N) is 4. The molecule has 0 radical (unpaired) electrons. The number of likely N-dealkylation sites (N-methyl/N-ethyl adjacent to an activating group) is 1. The van der Waals surface area contributed by atoms with Gasteiger partial charge >= 0.3 is 0 Å². The summed E-state index contributed by atoms with van der Waals surface area (Å²) in [6, 6.07) is 0. The highest BCUT2D eigenvalue weighted by Gasteiger charge is 2.18. The van der Waals surface area contributed by atoms with Crippen molar-refractivity contribution >= 4 is 5.95 Å². The van der Waals surface area contributed by atoms with E-state index in [2.05, 4.69) is 26.7 Å². The standard InChI is InChI=1S/C12H21N5/c1-3-16-4-6-17(7-5-16)12-14-9-11(8-13)10(2)15-12/h9H,3-8,13H2,1-2H3. The molecule has 0 amide bonds. The van der Waals surface area contributed by atoms with Crippen LogP contribution in [0.4, 0.5) is 5.95 Å². The minimum absolute atomic E-state index is 0.510. The Bertz CT molecular complexity index is 371. The normalized spacial score (nSPS) is 17.5. The van der Waals surface area contributed by atoms with Crippen molar-refractivity contribution in [1.29, 1.82) is 0 Å². The van der Waals surface area contributed by atoms with Crippen molar-refractivity contribution in [2.75, 3.05) is 37.6 Å². The summed E-state index contributed by atoms with van der Waals surface area (Å²) in [6.45, 7) is 10.0. The molecule has 17 heavy (non-hydrogen) atoms. The first-order valence-electron chi connectivity index (χ1n) is 6.24. The number of hydrogen-bond donors (Lipinski definition) is 1. The van der Waals surface area contributed by atoms with Crippen LogP contribution in [0, 0.1) is 6.92 Å². The molecule has 1 aliphatic heterocycles. The number of aromatic nitrogens is 2. The molecule has 5 nitrogen and oxygen atoms in total. The molecule has 0 spiro atoms. The summed E-state index contributed by atoms with van der Waals surface area (Å²) >= 11 is 0. The molecule has 0 aromatic carbocycles. The monoisotopic (exact) mass is 235 g/mol. The predicted octanol–water partition coefficient (Wildman–Crippen LogP) is 0.386. The summed E-state index contributed by atoms with van der Waals surface area (Å²) in [5.74, 6) is 0.843. The van der Waals surface area contributed by atoms with Gasteiger partial charge in [-0.3, -0.25) is 0 Å². The van der Waals surface area contributed by atoms with E-state index in [-0.39, 0.29) is 0 Å². The highest BCUT2D eigenvalue weighted by molar-refractivity contribution is 5.33. The lowest BCUT2D eigenvalue weighted by Crippen LogP contribution is -2.46. The van der Waals surface area contributed by atoms with Crippen molar-refractivity contribution in [2.24, 2.45) is 5.73 Å². The number of rotatable bonds is 3. The van der Waals surface area contributed by atoms with Crippen molar-refractivity contribution in [3.8, 4) is 0 Å². The number of piperazine rings is 1. The SMILES string of the molecule is CCN1CCN(c2ncc(CN)c(C)n2)CC1. The molecule has 1 aromatic heterocycles. The van der Waals surface area contributed by atoms with Gasteiger partial charge < -0.3 is 15.5 Å². The molecule has 2 rings (SSSR count). The van der Waals surface area contributed by atoms with E-state index in [4.69, 9.17) is 5.73 Å². The Morgan fingerprint density at radius 2 is 2.00 bits per heavy atom. The van der Waals surface area contributed by atoms with Crippen LogP contribution in [0.2, 0.25) is 0 Å². The number of hydrogen-bond acceptors (Lipinski definition) is 5. The molecule has 1 saturated heterocycles. The van der Waals surface area contributed by atoms with Crippen LogP contribution in [0.5, 0.6) is 0 Å². The summed E-state index contributed by atoms with van der Waals surface area (Å²) in [5, 5.41) is 0. The first-order chi connectivity index (χ1) is 8.24. The minimum Gasteiger partial charge on any atom is -0.338 e. The Kier molecular flexibility index (Phi) is 3.91. The third kappa shape index (κ3) is 2.73. The van der Waals surface area contributed by atoms with Gasteiger partial charge in [-0.25, -0.2) is 9.97 Å². The summed E-state index contributed by atoms with van der Waals surface area (Å²) in [6.07, 6.45) is 1.85. The molecule has 0 saturated carbocycles. The van der Waals surface area contributed by atoms with Gasteiger partial charge in [0.25, 0.3) is 0 Å². The second kappa shape index (κ2) is 5.42. The zero-order chi connectivity index (χ0) is 12.3. The van der Waals surface area contributed by atoms with Gasteiger partial charge in [-0.15, -0.1) is 0 Å². The van der Waals surface area contributed by atoms with Gasteiger partial charge in [0.2, 0.25) is 5.95 Å². The molecular weight excluding hydrogens is 214 g/mol. The summed E-state index contributed by atoms with van der Waals surface area (Å²) < 4.78 is 0. The lowest BCUT2D eigenvalue weighted by molar-refractivity contribution is 0.270. The van der Waals surface area contributed by atoms with Gasteiger partial charge in [-0.05, 0) is 13.5 Å². The Balaban J connectivity index is 2.06. The van der Waals surface area contributed by atoms with Crippen LogP contribution < -0.4 is 10.6 Å². The quantitative estimate of drug-likeness (QED) is 0.821. The zero-order valence-electron chi connectivity index (χ0n) is 10.7. The van der Waals surface area contributed by atoms with Crippen LogP contribution in [0.15, 0.2) is 6.20 Å². The molecule has 94 valence electrons. The molecule has 2 heterocycles. The maximum atomic E-state index is 5.62. The predicted molar refractivity (Wildman–Crippen MR) is 69.0 cm³/mol. The van der Waals surface area contributed by atoms with Gasteiger partial charge in [0.1, 0.15) is 0 Å². The average molecular weight is 235 g/mol. The maximum absolute atomic E-state index is 5.62. The van der Waals surface area contributed by atoms with Crippen LogP contribution in [0.3, 0.4) is 0 Å². The van der Waals surface area contributed by atoms with Crippen molar-refractivity contribution in [2.45, 2.75) is 20.4 Å². The molecule has 0 aliphatic carbocycles. The number of nitrogens with two attached hydrogens (primary N) is 1. The van der Waals surface area contributed by atoms with Gasteiger partial charge in [0.15, 0.2) is 0 Å². The van der Waals surface area contributed by atoms with Gasteiger partial charge in [-0.2, -0.15) is 0 Å². The Morgan fingerprint density at radius 1 is 1.29 bits per heavy atom. The fourth-order valence-corrected chi connectivity index (χ4v) is 2.10. The highest BCUT2D eigenvalue weighted by Crippen LogP contribution is 2.13. The zero-order valence-corrected chi connectivity index (χ0v) is 10.7. The largest absolute Gasteiger partial charge is 0.338 e. The number of anilines is 1. The van der Waals surface area contributed by atoms with E-state index >= 15 is 0 Å². The van der Waals surface area contributed by atoms with Crippen LogP contribution in [0.1, 0.15) is 18.2 Å². The molecule has 0 bridgehead atoms. The van der Waals surface area contributed by atoms with E-state index in [1.54, 1.807) is 0 Å². The Labute approximate surface area is 103 Å². The third-order valence-electron chi connectivity index (χ3n) is 3.39. The van der Waals surface area contributed by atoms with Crippen molar-refractivity contribution in [3.05, 3.63) is 17.5 Å². The summed E-state index contributed by atoms with van der Waals surface area (Å²) in [7, 11) is 0. The molecule has 1 fully saturated rings. The molecule has 5 heteroatoms. The van der Waals surface area contributed by atoms with E-state index in [9.17, 15) is 0 Å². The average Bonchev–Trinajstić information content (AvgIpc) is 2.39. The fraction of sp³-hybridized carbons (Fsp3) is 0.667. The van der Waals surface area contributed by atoms with Crippen LogP contribution in [-0.4, -0.2) is 47.6 Å². The van der Waals surface area contributed by atoms with Gasteiger partial charge in [0, 0.05) is 50.2 Å². The second-order valence-corrected chi connectivity index (χ2v) is 4.41. The topological polar surface area (TPSA) is 58.3 Å². The van der Waals surface area contributed by atoms with Crippen molar-refractivity contribution in [1.82, 2.24) is 14.9 Å². The van der Waals surface area contributed by atoms with Crippen LogP contribution in [-0.2, 0) is 6.54 Å². The van der Waals surface area contributed by atoms with E-state index in [1.807, 2.05) is 13.1 Å². The van der Waals surface area contributed by atoms with E-state index in [0.717, 1.165) is 49.9 Å². The first kappa shape index (κ1) is 12.3.